The zero-order valence-electron chi connectivity index (χ0n) is 10.2. The summed E-state index contributed by atoms with van der Waals surface area (Å²) in [4.78, 5) is 10.8. The van der Waals surface area contributed by atoms with E-state index in [-0.39, 0.29) is 46.8 Å². The maximum Gasteiger partial charge on any atom is 0.337 e. The molecule has 0 bridgehead atoms. The Morgan fingerprint density at radius 2 is 1.80 bits per heavy atom. The SMILES string of the molecule is O=C(O)c1cc(S(=O)(=O)N2CCOCC2)c(Cl)cc1Cl. The van der Waals surface area contributed by atoms with E-state index in [0.29, 0.717) is 0 Å². The van der Waals surface area contributed by atoms with Crippen LogP contribution in [0.3, 0.4) is 0 Å². The lowest BCUT2D eigenvalue weighted by Crippen LogP contribution is -2.40. The van der Waals surface area contributed by atoms with Crippen molar-refractivity contribution >= 4 is 39.2 Å². The molecule has 0 amide bonds. The molecule has 0 saturated carbocycles. The molecule has 0 aromatic heterocycles. The van der Waals surface area contributed by atoms with Crippen LogP contribution < -0.4 is 0 Å². The number of sulfonamides is 1. The van der Waals surface area contributed by atoms with E-state index in [1.807, 2.05) is 0 Å². The zero-order valence-corrected chi connectivity index (χ0v) is 12.5. The summed E-state index contributed by atoms with van der Waals surface area (Å²) in [6.07, 6.45) is 0. The Morgan fingerprint density at radius 3 is 2.35 bits per heavy atom. The second-order valence-corrected chi connectivity index (χ2v) is 6.80. The second kappa shape index (κ2) is 5.87. The van der Waals surface area contributed by atoms with Crippen LogP contribution in [0.2, 0.25) is 10.0 Å². The Balaban J connectivity index is 2.50. The van der Waals surface area contributed by atoms with Crippen molar-refractivity contribution in [2.75, 3.05) is 26.3 Å². The highest BCUT2D eigenvalue weighted by molar-refractivity contribution is 7.89. The van der Waals surface area contributed by atoms with E-state index in [0.717, 1.165) is 12.1 Å². The van der Waals surface area contributed by atoms with Gasteiger partial charge in [0.15, 0.2) is 0 Å². The van der Waals surface area contributed by atoms with Gasteiger partial charge in [-0.1, -0.05) is 23.2 Å². The number of benzene rings is 1. The molecule has 0 radical (unpaired) electrons. The number of carboxylic acids is 1. The lowest BCUT2D eigenvalue weighted by molar-refractivity contribution is 0.0696. The van der Waals surface area contributed by atoms with Gasteiger partial charge in [-0.25, -0.2) is 13.2 Å². The molecule has 0 spiro atoms. The molecular weight excluding hydrogens is 329 g/mol. The van der Waals surface area contributed by atoms with E-state index >= 15 is 0 Å². The minimum atomic E-state index is -3.87. The van der Waals surface area contributed by atoms with Crippen molar-refractivity contribution in [2.45, 2.75) is 4.90 Å². The van der Waals surface area contributed by atoms with Gasteiger partial charge in [-0.05, 0) is 12.1 Å². The highest BCUT2D eigenvalue weighted by Gasteiger charge is 2.30. The van der Waals surface area contributed by atoms with Gasteiger partial charge < -0.3 is 9.84 Å². The van der Waals surface area contributed by atoms with E-state index in [1.54, 1.807) is 0 Å². The van der Waals surface area contributed by atoms with Crippen LogP contribution >= 0.6 is 23.2 Å². The predicted molar refractivity (Wildman–Crippen MR) is 73.0 cm³/mol. The molecule has 1 aliphatic heterocycles. The van der Waals surface area contributed by atoms with E-state index in [1.165, 1.54) is 4.31 Å². The lowest BCUT2D eigenvalue weighted by Gasteiger charge is -2.26. The Morgan fingerprint density at radius 1 is 1.20 bits per heavy atom. The molecule has 1 heterocycles. The topological polar surface area (TPSA) is 83.9 Å². The summed E-state index contributed by atoms with van der Waals surface area (Å²) in [5.74, 6) is -1.31. The molecular formula is C11H11Cl2NO5S. The van der Waals surface area contributed by atoms with Gasteiger partial charge in [0.2, 0.25) is 10.0 Å². The molecule has 2 rings (SSSR count). The predicted octanol–water partition coefficient (Wildman–Crippen LogP) is 1.71. The third-order valence-corrected chi connectivity index (χ3v) is 5.52. The van der Waals surface area contributed by atoms with Crippen molar-refractivity contribution in [1.29, 1.82) is 0 Å². The molecule has 0 aliphatic carbocycles. The van der Waals surface area contributed by atoms with Gasteiger partial charge in [0.1, 0.15) is 4.90 Å². The number of nitrogens with zero attached hydrogens (tertiary/aromatic N) is 1. The van der Waals surface area contributed by atoms with Crippen LogP contribution in [0.5, 0.6) is 0 Å². The highest BCUT2D eigenvalue weighted by Crippen LogP contribution is 2.31. The van der Waals surface area contributed by atoms with Crippen LogP contribution in [0.25, 0.3) is 0 Å². The molecule has 1 aromatic rings. The zero-order chi connectivity index (χ0) is 14.9. The standard InChI is InChI=1S/C11H11Cl2NO5S/c12-8-6-9(13)10(5-7(8)11(15)16)20(17,18)14-1-3-19-4-2-14/h5-6H,1-4H2,(H,15,16). The number of halogens is 2. The van der Waals surface area contributed by atoms with Crippen molar-refractivity contribution in [2.24, 2.45) is 0 Å². The van der Waals surface area contributed by atoms with E-state index in [4.69, 9.17) is 33.0 Å². The van der Waals surface area contributed by atoms with E-state index in [9.17, 15) is 13.2 Å². The summed E-state index contributed by atoms with van der Waals surface area (Å²) >= 11 is 11.6. The number of carbonyl (C=O) groups is 1. The van der Waals surface area contributed by atoms with Gasteiger partial charge in [-0.3, -0.25) is 0 Å². The van der Waals surface area contributed by atoms with Gasteiger partial charge in [0.25, 0.3) is 0 Å². The van der Waals surface area contributed by atoms with Crippen molar-refractivity contribution in [3.63, 3.8) is 0 Å². The van der Waals surface area contributed by atoms with E-state index < -0.39 is 16.0 Å². The minimum absolute atomic E-state index is 0.105. The quantitative estimate of drug-likeness (QED) is 0.906. The monoisotopic (exact) mass is 339 g/mol. The average Bonchev–Trinajstić information content (AvgIpc) is 2.39. The third-order valence-electron chi connectivity index (χ3n) is 2.84. The highest BCUT2D eigenvalue weighted by atomic mass is 35.5. The fourth-order valence-corrected chi connectivity index (χ4v) is 4.05. The number of hydrogen-bond donors (Lipinski definition) is 1. The number of carboxylic acid groups (broad SMARTS) is 1. The Kier molecular flexibility index (Phi) is 4.55. The molecule has 1 N–H and O–H groups in total. The average molecular weight is 340 g/mol. The first-order valence-corrected chi connectivity index (χ1v) is 7.84. The van der Waals surface area contributed by atoms with Gasteiger partial charge >= 0.3 is 5.97 Å². The lowest BCUT2D eigenvalue weighted by atomic mass is 10.2. The van der Waals surface area contributed by atoms with Gasteiger partial charge in [0.05, 0.1) is 28.8 Å². The van der Waals surface area contributed by atoms with Gasteiger partial charge in [-0.2, -0.15) is 4.31 Å². The van der Waals surface area contributed by atoms with Crippen molar-refractivity contribution in [1.82, 2.24) is 4.31 Å². The van der Waals surface area contributed by atoms with Crippen LogP contribution in [0.4, 0.5) is 0 Å². The number of aromatic carboxylic acids is 1. The molecule has 1 fully saturated rings. The largest absolute Gasteiger partial charge is 0.478 e. The second-order valence-electron chi connectivity index (χ2n) is 4.08. The summed E-state index contributed by atoms with van der Waals surface area (Å²) in [5.41, 5.74) is -0.303. The van der Waals surface area contributed by atoms with Crippen LogP contribution in [-0.2, 0) is 14.8 Å². The number of morpholine rings is 1. The summed E-state index contributed by atoms with van der Waals surface area (Å²) in [7, 11) is -3.87. The number of ether oxygens (including phenoxy) is 1. The first-order valence-electron chi connectivity index (χ1n) is 5.64. The van der Waals surface area contributed by atoms with Gasteiger partial charge in [0, 0.05) is 13.1 Å². The fourth-order valence-electron chi connectivity index (χ4n) is 1.82. The Labute approximate surface area is 125 Å². The molecule has 1 aliphatic rings. The minimum Gasteiger partial charge on any atom is -0.478 e. The maximum atomic E-state index is 12.4. The Hall–Kier alpha value is -0.860. The first-order chi connectivity index (χ1) is 9.34. The Bertz CT molecular complexity index is 640. The fraction of sp³-hybridized carbons (Fsp3) is 0.364. The first kappa shape index (κ1) is 15.5. The molecule has 20 heavy (non-hydrogen) atoms. The van der Waals surface area contributed by atoms with Crippen LogP contribution in [0.1, 0.15) is 10.4 Å². The van der Waals surface area contributed by atoms with Crippen molar-refractivity contribution in [3.8, 4) is 0 Å². The molecule has 0 atom stereocenters. The van der Waals surface area contributed by atoms with Crippen molar-refractivity contribution < 1.29 is 23.1 Å². The van der Waals surface area contributed by atoms with Crippen LogP contribution in [0, 0.1) is 0 Å². The molecule has 1 saturated heterocycles. The summed E-state index contributed by atoms with van der Waals surface area (Å²) in [6, 6.07) is 2.11. The van der Waals surface area contributed by atoms with Crippen LogP contribution in [0.15, 0.2) is 17.0 Å². The number of rotatable bonds is 3. The molecule has 9 heteroatoms. The molecule has 6 nitrogen and oxygen atoms in total. The van der Waals surface area contributed by atoms with Gasteiger partial charge in [-0.15, -0.1) is 0 Å². The van der Waals surface area contributed by atoms with Crippen molar-refractivity contribution in [3.05, 3.63) is 27.7 Å². The normalized spacial score (nSPS) is 17.1. The summed E-state index contributed by atoms with van der Waals surface area (Å²) in [6.45, 7) is 0.972. The number of hydrogen-bond acceptors (Lipinski definition) is 4. The smallest absolute Gasteiger partial charge is 0.337 e. The summed E-state index contributed by atoms with van der Waals surface area (Å²) < 4.78 is 31.2. The third kappa shape index (κ3) is 2.91. The van der Waals surface area contributed by atoms with E-state index in [2.05, 4.69) is 0 Å². The molecule has 110 valence electrons. The van der Waals surface area contributed by atoms with Crippen LogP contribution in [-0.4, -0.2) is 50.1 Å². The molecule has 1 aromatic carbocycles. The maximum absolute atomic E-state index is 12.4. The molecule has 0 unspecified atom stereocenters. The summed E-state index contributed by atoms with van der Waals surface area (Å²) in [5, 5.41) is 8.79.